The molecular formula is C34H66O4S2. The Morgan fingerprint density at radius 3 is 0.950 bits per heavy atom. The summed E-state index contributed by atoms with van der Waals surface area (Å²) in [6.45, 7) is 9.40. The van der Waals surface area contributed by atoms with Gasteiger partial charge in [-0.3, -0.25) is 9.59 Å². The molecule has 0 N–H and O–H groups in total. The average molecular weight is 603 g/mol. The van der Waals surface area contributed by atoms with E-state index in [1.807, 2.05) is 0 Å². The number of ether oxygens (including phenoxy) is 2. The van der Waals surface area contributed by atoms with Gasteiger partial charge in [0.2, 0.25) is 0 Å². The first-order chi connectivity index (χ1) is 19.4. The fraction of sp³-hybridized carbons (Fsp3) is 0.941. The van der Waals surface area contributed by atoms with Crippen molar-refractivity contribution in [2.45, 2.75) is 169 Å². The minimum atomic E-state index is -0.0227. The van der Waals surface area contributed by atoms with E-state index in [0.29, 0.717) is 37.9 Å². The molecule has 0 atom stereocenters. The van der Waals surface area contributed by atoms with Crippen molar-refractivity contribution >= 4 is 33.5 Å². The van der Waals surface area contributed by atoms with Gasteiger partial charge in [0, 0.05) is 24.3 Å². The van der Waals surface area contributed by atoms with Gasteiger partial charge >= 0.3 is 11.9 Å². The van der Waals surface area contributed by atoms with Gasteiger partial charge in [-0.15, -0.1) is 0 Å². The highest BCUT2D eigenvalue weighted by atomic mass is 33.1. The molecule has 0 aliphatic rings. The summed E-state index contributed by atoms with van der Waals surface area (Å²) in [7, 11) is 4.16. The maximum absolute atomic E-state index is 11.6. The van der Waals surface area contributed by atoms with Gasteiger partial charge in [-0.25, -0.2) is 0 Å². The molecular weight excluding hydrogens is 537 g/mol. The summed E-state index contributed by atoms with van der Waals surface area (Å²) in [6, 6.07) is 0. The van der Waals surface area contributed by atoms with Gasteiger partial charge in [0.25, 0.3) is 0 Å². The van der Waals surface area contributed by atoms with E-state index < -0.39 is 0 Å². The number of rotatable bonds is 31. The first-order valence-corrected chi connectivity index (χ1v) is 19.5. The van der Waals surface area contributed by atoms with Crippen molar-refractivity contribution in [2.75, 3.05) is 24.7 Å². The molecule has 0 aliphatic heterocycles. The maximum Gasteiger partial charge on any atom is 0.305 e. The Labute approximate surface area is 257 Å². The van der Waals surface area contributed by atoms with E-state index in [0.717, 1.165) is 25.7 Å². The van der Waals surface area contributed by atoms with E-state index in [4.69, 9.17) is 9.47 Å². The summed E-state index contributed by atoms with van der Waals surface area (Å²) in [5.74, 6) is 3.43. The van der Waals surface area contributed by atoms with Crippen molar-refractivity contribution in [3.05, 3.63) is 0 Å². The number of carbonyl (C=O) groups excluding carboxylic acids is 2. The van der Waals surface area contributed by atoms with Crippen LogP contribution in [0.1, 0.15) is 169 Å². The first kappa shape index (κ1) is 39.6. The monoisotopic (exact) mass is 602 g/mol. The number of hydrogen-bond donors (Lipinski definition) is 0. The minimum Gasteiger partial charge on any atom is -0.465 e. The van der Waals surface area contributed by atoms with Crippen molar-refractivity contribution in [3.63, 3.8) is 0 Å². The third-order valence-electron chi connectivity index (χ3n) is 6.96. The van der Waals surface area contributed by atoms with Crippen LogP contribution >= 0.6 is 21.6 Å². The third kappa shape index (κ3) is 33.8. The lowest BCUT2D eigenvalue weighted by Gasteiger charge is -2.07. The van der Waals surface area contributed by atoms with Gasteiger partial charge < -0.3 is 9.47 Å². The summed E-state index contributed by atoms with van der Waals surface area (Å²) in [4.78, 5) is 23.2. The topological polar surface area (TPSA) is 52.6 Å². The Bertz CT molecular complexity index is 506. The van der Waals surface area contributed by atoms with Crippen LogP contribution in [0.3, 0.4) is 0 Å². The standard InChI is InChI=1S/C34H66O4S2/c1-31(2)29-37-33(35)25-21-17-13-9-5-7-11-15-19-23-27-39-40-28-24-20-16-12-8-6-10-14-18-22-26-34(36)38-30-32(3)4/h31-32H,5-30H2,1-4H3. The van der Waals surface area contributed by atoms with Gasteiger partial charge in [-0.2, -0.15) is 0 Å². The molecule has 0 saturated heterocycles. The smallest absolute Gasteiger partial charge is 0.305 e. The molecule has 0 heterocycles. The molecule has 0 amide bonds. The van der Waals surface area contributed by atoms with Crippen LogP contribution in [-0.2, 0) is 19.1 Å². The number of carbonyl (C=O) groups is 2. The van der Waals surface area contributed by atoms with Gasteiger partial charge in [-0.05, 0) is 37.5 Å². The molecule has 0 aromatic rings. The predicted octanol–water partition coefficient (Wildman–Crippen LogP) is 11.3. The lowest BCUT2D eigenvalue weighted by atomic mass is 10.1. The third-order valence-corrected chi connectivity index (χ3v) is 9.53. The van der Waals surface area contributed by atoms with Crippen LogP contribution in [0.2, 0.25) is 0 Å². The number of unbranched alkanes of at least 4 members (excludes halogenated alkanes) is 18. The quantitative estimate of drug-likeness (QED) is 0.0447. The molecule has 0 aromatic heterocycles. The average Bonchev–Trinajstić information content (AvgIpc) is 2.92. The largest absolute Gasteiger partial charge is 0.465 e. The molecule has 0 radical (unpaired) electrons. The second kappa shape index (κ2) is 31.6. The zero-order valence-corrected chi connectivity index (χ0v) is 28.6. The highest BCUT2D eigenvalue weighted by molar-refractivity contribution is 8.76. The van der Waals surface area contributed by atoms with Crippen molar-refractivity contribution < 1.29 is 19.1 Å². The molecule has 238 valence electrons. The van der Waals surface area contributed by atoms with Crippen LogP contribution < -0.4 is 0 Å². The second-order valence-corrected chi connectivity index (χ2v) is 15.1. The highest BCUT2D eigenvalue weighted by Gasteiger charge is 2.05. The first-order valence-electron chi connectivity index (χ1n) is 17.0. The van der Waals surface area contributed by atoms with Gasteiger partial charge in [-0.1, -0.05) is 152 Å². The number of esters is 2. The number of hydrogen-bond acceptors (Lipinski definition) is 6. The molecule has 0 rings (SSSR count). The lowest BCUT2D eigenvalue weighted by Crippen LogP contribution is -2.09. The lowest BCUT2D eigenvalue weighted by molar-refractivity contribution is -0.145. The Kier molecular flexibility index (Phi) is 31.3. The Morgan fingerprint density at radius 2 is 0.675 bits per heavy atom. The van der Waals surface area contributed by atoms with Crippen LogP contribution in [-0.4, -0.2) is 36.7 Å². The summed E-state index contributed by atoms with van der Waals surface area (Å²) in [5, 5.41) is 0. The maximum atomic E-state index is 11.6. The van der Waals surface area contributed by atoms with E-state index in [9.17, 15) is 9.59 Å². The molecule has 0 aliphatic carbocycles. The SMILES string of the molecule is CC(C)COC(=O)CCCCCCCCCCCCSSCCCCCCCCCCCCC(=O)OCC(C)C. The van der Waals surface area contributed by atoms with Gasteiger partial charge in [0.05, 0.1) is 13.2 Å². The van der Waals surface area contributed by atoms with Gasteiger partial charge in [0.1, 0.15) is 0 Å². The summed E-state index contributed by atoms with van der Waals surface area (Å²) >= 11 is 0. The van der Waals surface area contributed by atoms with E-state index in [1.54, 1.807) is 0 Å². The fourth-order valence-corrected chi connectivity index (χ4v) is 6.76. The fourth-order valence-electron chi connectivity index (χ4n) is 4.47. The van der Waals surface area contributed by atoms with E-state index in [1.165, 1.54) is 114 Å². The Morgan fingerprint density at radius 1 is 0.425 bits per heavy atom. The van der Waals surface area contributed by atoms with Crippen LogP contribution in [0.15, 0.2) is 0 Å². The van der Waals surface area contributed by atoms with Crippen LogP contribution in [0, 0.1) is 11.8 Å². The highest BCUT2D eigenvalue weighted by Crippen LogP contribution is 2.25. The molecule has 40 heavy (non-hydrogen) atoms. The zero-order chi connectivity index (χ0) is 29.5. The summed E-state index contributed by atoms with van der Waals surface area (Å²) in [5.41, 5.74) is 0. The van der Waals surface area contributed by atoms with E-state index in [2.05, 4.69) is 49.3 Å². The normalized spacial score (nSPS) is 11.4. The Balaban J connectivity index is 3.13. The second-order valence-electron chi connectivity index (χ2n) is 12.4. The zero-order valence-electron chi connectivity index (χ0n) is 27.0. The van der Waals surface area contributed by atoms with Crippen LogP contribution in [0.5, 0.6) is 0 Å². The van der Waals surface area contributed by atoms with Crippen LogP contribution in [0.4, 0.5) is 0 Å². The molecule has 6 heteroatoms. The molecule has 0 saturated carbocycles. The summed E-state index contributed by atoms with van der Waals surface area (Å²) < 4.78 is 10.4. The summed E-state index contributed by atoms with van der Waals surface area (Å²) in [6.07, 6.45) is 27.1. The van der Waals surface area contributed by atoms with Crippen molar-refractivity contribution in [1.29, 1.82) is 0 Å². The minimum absolute atomic E-state index is 0.0227. The van der Waals surface area contributed by atoms with E-state index >= 15 is 0 Å². The molecule has 0 aromatic carbocycles. The molecule has 0 fully saturated rings. The Hall–Kier alpha value is -0.360. The van der Waals surface area contributed by atoms with Crippen molar-refractivity contribution in [3.8, 4) is 0 Å². The van der Waals surface area contributed by atoms with E-state index in [-0.39, 0.29) is 11.9 Å². The van der Waals surface area contributed by atoms with Crippen molar-refractivity contribution in [1.82, 2.24) is 0 Å². The molecule has 4 nitrogen and oxygen atoms in total. The van der Waals surface area contributed by atoms with Crippen molar-refractivity contribution in [2.24, 2.45) is 11.8 Å². The molecule has 0 spiro atoms. The molecule has 0 unspecified atom stereocenters. The van der Waals surface area contributed by atoms with Crippen LogP contribution in [0.25, 0.3) is 0 Å². The van der Waals surface area contributed by atoms with Gasteiger partial charge in [0.15, 0.2) is 0 Å². The molecule has 0 bridgehead atoms. The predicted molar refractivity (Wildman–Crippen MR) is 178 cm³/mol.